The first-order valence-electron chi connectivity index (χ1n) is 8.16. The molecule has 0 spiro atoms. The predicted octanol–water partition coefficient (Wildman–Crippen LogP) is 4.15. The molecule has 3 rings (SSSR count). The van der Waals surface area contributed by atoms with E-state index in [1.807, 2.05) is 30.3 Å². The number of benzene rings is 2. The normalized spacial score (nSPS) is 10.7. The minimum absolute atomic E-state index is 0.0684. The van der Waals surface area contributed by atoms with E-state index in [1.165, 1.54) is 22.9 Å². The maximum Gasteiger partial charge on any atom is 0.277 e. The van der Waals surface area contributed by atoms with Crippen LogP contribution in [-0.4, -0.2) is 28.4 Å². The fraction of sp³-hybridized carbons (Fsp3) is 0.211. The van der Waals surface area contributed by atoms with Gasteiger partial charge in [-0.2, -0.15) is 0 Å². The van der Waals surface area contributed by atoms with Crippen molar-refractivity contribution in [2.75, 3.05) is 12.3 Å². The Labute approximate surface area is 161 Å². The van der Waals surface area contributed by atoms with Crippen LogP contribution in [0.4, 0.5) is 0 Å². The summed E-state index contributed by atoms with van der Waals surface area (Å²) in [5.41, 5.74) is 3.15. The number of aromatic nitrogens is 2. The average Bonchev–Trinajstić information content (AvgIpc) is 3.11. The molecule has 3 aromatic rings. The van der Waals surface area contributed by atoms with E-state index in [-0.39, 0.29) is 11.7 Å². The predicted molar refractivity (Wildman–Crippen MR) is 103 cm³/mol. The second kappa shape index (κ2) is 8.87. The first kappa shape index (κ1) is 18.5. The average molecular weight is 388 g/mol. The van der Waals surface area contributed by atoms with Gasteiger partial charge in [-0.05, 0) is 36.6 Å². The third-order valence-electron chi connectivity index (χ3n) is 3.82. The Hall–Kier alpha value is -2.31. The maximum absolute atomic E-state index is 12.0. The van der Waals surface area contributed by atoms with Gasteiger partial charge in [-0.15, -0.1) is 10.2 Å². The van der Waals surface area contributed by atoms with Gasteiger partial charge in [-0.25, -0.2) is 0 Å². The van der Waals surface area contributed by atoms with Crippen molar-refractivity contribution >= 4 is 29.3 Å². The fourth-order valence-corrected chi connectivity index (χ4v) is 3.23. The molecule has 0 aliphatic rings. The van der Waals surface area contributed by atoms with Gasteiger partial charge in [0.25, 0.3) is 5.22 Å². The smallest absolute Gasteiger partial charge is 0.277 e. The van der Waals surface area contributed by atoms with Crippen molar-refractivity contribution in [2.24, 2.45) is 0 Å². The molecular weight excluding hydrogens is 370 g/mol. The standard InChI is InChI=1S/C19H18ClN3O2S/c1-13-6-2-3-7-14(13)10-11-21-17(24)12-26-19-23-22-18(25-19)15-8-4-5-9-16(15)20/h2-9H,10-12H2,1H3,(H,21,24). The zero-order valence-electron chi connectivity index (χ0n) is 14.2. The first-order valence-corrected chi connectivity index (χ1v) is 9.52. The van der Waals surface area contributed by atoms with Crippen molar-refractivity contribution in [2.45, 2.75) is 18.6 Å². The molecule has 0 atom stereocenters. The van der Waals surface area contributed by atoms with E-state index < -0.39 is 0 Å². The maximum atomic E-state index is 12.0. The van der Waals surface area contributed by atoms with Crippen molar-refractivity contribution in [1.29, 1.82) is 0 Å². The number of carbonyl (C=O) groups excluding carboxylic acids is 1. The third kappa shape index (κ3) is 4.86. The lowest BCUT2D eigenvalue weighted by molar-refractivity contribution is -0.118. The molecule has 134 valence electrons. The highest BCUT2D eigenvalue weighted by Crippen LogP contribution is 2.28. The molecule has 0 saturated heterocycles. The van der Waals surface area contributed by atoms with Gasteiger partial charge in [-0.1, -0.05) is 59.8 Å². The molecule has 0 aliphatic carbocycles. The number of nitrogens with zero attached hydrogens (tertiary/aromatic N) is 2. The van der Waals surface area contributed by atoms with Gasteiger partial charge in [-0.3, -0.25) is 4.79 Å². The molecule has 2 aromatic carbocycles. The first-order chi connectivity index (χ1) is 12.6. The van der Waals surface area contributed by atoms with Crippen LogP contribution in [0.5, 0.6) is 0 Å². The van der Waals surface area contributed by atoms with Crippen LogP contribution in [0.25, 0.3) is 11.5 Å². The molecule has 0 unspecified atom stereocenters. The van der Waals surface area contributed by atoms with Gasteiger partial charge < -0.3 is 9.73 Å². The molecule has 0 saturated carbocycles. The summed E-state index contributed by atoms with van der Waals surface area (Å²) < 4.78 is 5.57. The number of nitrogens with one attached hydrogen (secondary N) is 1. The largest absolute Gasteiger partial charge is 0.411 e. The number of carbonyl (C=O) groups is 1. The van der Waals surface area contributed by atoms with Crippen LogP contribution in [0.2, 0.25) is 5.02 Å². The monoisotopic (exact) mass is 387 g/mol. The molecule has 0 fully saturated rings. The molecule has 1 amide bonds. The second-order valence-corrected chi connectivity index (χ2v) is 7.00. The van der Waals surface area contributed by atoms with E-state index >= 15 is 0 Å². The van der Waals surface area contributed by atoms with E-state index in [2.05, 4.69) is 34.6 Å². The lowest BCUT2D eigenvalue weighted by atomic mass is 10.1. The highest BCUT2D eigenvalue weighted by Gasteiger charge is 2.13. The number of hydrogen-bond acceptors (Lipinski definition) is 5. The molecule has 1 aromatic heterocycles. The summed E-state index contributed by atoms with van der Waals surface area (Å²) >= 11 is 7.32. The van der Waals surface area contributed by atoms with Crippen molar-refractivity contribution < 1.29 is 9.21 Å². The molecule has 26 heavy (non-hydrogen) atoms. The third-order valence-corrected chi connectivity index (χ3v) is 4.96. The number of aryl methyl sites for hydroxylation is 1. The van der Waals surface area contributed by atoms with Crippen molar-refractivity contribution in [1.82, 2.24) is 15.5 Å². The lowest BCUT2D eigenvalue weighted by Crippen LogP contribution is -2.27. The van der Waals surface area contributed by atoms with Crippen molar-refractivity contribution in [3.05, 3.63) is 64.7 Å². The number of thioether (sulfide) groups is 1. The molecule has 7 heteroatoms. The summed E-state index contributed by atoms with van der Waals surface area (Å²) in [4.78, 5) is 12.0. The van der Waals surface area contributed by atoms with Crippen molar-refractivity contribution in [3.8, 4) is 11.5 Å². The van der Waals surface area contributed by atoms with E-state index in [0.29, 0.717) is 28.2 Å². The SMILES string of the molecule is Cc1ccccc1CCNC(=O)CSc1nnc(-c2ccccc2Cl)o1. The summed E-state index contributed by atoms with van der Waals surface area (Å²) in [5, 5.41) is 11.7. The van der Waals surface area contributed by atoms with Gasteiger partial charge in [0, 0.05) is 6.54 Å². The molecule has 0 aliphatic heterocycles. The minimum Gasteiger partial charge on any atom is -0.411 e. The van der Waals surface area contributed by atoms with Gasteiger partial charge in [0.05, 0.1) is 16.3 Å². The van der Waals surface area contributed by atoms with Gasteiger partial charge >= 0.3 is 0 Å². The fourth-order valence-electron chi connectivity index (χ4n) is 2.42. The van der Waals surface area contributed by atoms with Crippen LogP contribution in [0.1, 0.15) is 11.1 Å². The zero-order valence-corrected chi connectivity index (χ0v) is 15.8. The minimum atomic E-state index is -0.0684. The van der Waals surface area contributed by atoms with E-state index in [0.717, 1.165) is 6.42 Å². The molecule has 1 N–H and O–H groups in total. The molecule has 5 nitrogen and oxygen atoms in total. The molecule has 0 radical (unpaired) electrons. The van der Waals surface area contributed by atoms with Crippen LogP contribution in [0, 0.1) is 6.92 Å². The number of halogens is 1. The Balaban J connectivity index is 1.46. The van der Waals surface area contributed by atoms with Crippen LogP contribution in [-0.2, 0) is 11.2 Å². The van der Waals surface area contributed by atoms with E-state index in [9.17, 15) is 4.79 Å². The summed E-state index contributed by atoms with van der Waals surface area (Å²) in [6.07, 6.45) is 0.806. The highest BCUT2D eigenvalue weighted by atomic mass is 35.5. The van der Waals surface area contributed by atoms with Crippen LogP contribution in [0.3, 0.4) is 0 Å². The quantitative estimate of drug-likeness (QED) is 0.617. The zero-order chi connectivity index (χ0) is 18.4. The summed E-state index contributed by atoms with van der Waals surface area (Å²) in [7, 11) is 0. The van der Waals surface area contributed by atoms with Gasteiger partial charge in [0.15, 0.2) is 0 Å². The summed E-state index contributed by atoms with van der Waals surface area (Å²) in [5.74, 6) is 0.497. The Morgan fingerprint density at radius 3 is 2.73 bits per heavy atom. The highest BCUT2D eigenvalue weighted by molar-refractivity contribution is 7.99. The van der Waals surface area contributed by atoms with Gasteiger partial charge in [0.1, 0.15) is 0 Å². The van der Waals surface area contributed by atoms with Crippen LogP contribution in [0.15, 0.2) is 58.2 Å². The number of hydrogen-bond donors (Lipinski definition) is 1. The number of rotatable bonds is 7. The topological polar surface area (TPSA) is 68.0 Å². The second-order valence-electron chi connectivity index (χ2n) is 5.67. The number of amides is 1. The lowest BCUT2D eigenvalue weighted by Gasteiger charge is -2.06. The van der Waals surface area contributed by atoms with E-state index in [1.54, 1.807) is 6.07 Å². The summed E-state index contributed by atoms with van der Waals surface area (Å²) in [6.45, 7) is 2.66. The Morgan fingerprint density at radius 2 is 1.92 bits per heavy atom. The van der Waals surface area contributed by atoms with Crippen molar-refractivity contribution in [3.63, 3.8) is 0 Å². The van der Waals surface area contributed by atoms with E-state index in [4.69, 9.17) is 16.0 Å². The molecular formula is C19H18ClN3O2S. The Morgan fingerprint density at radius 1 is 1.15 bits per heavy atom. The molecule has 1 heterocycles. The van der Waals surface area contributed by atoms with Crippen LogP contribution < -0.4 is 5.32 Å². The Bertz CT molecular complexity index is 898. The summed E-state index contributed by atoms with van der Waals surface area (Å²) in [6, 6.07) is 15.4. The van der Waals surface area contributed by atoms with Gasteiger partial charge in [0.2, 0.25) is 11.8 Å². The van der Waals surface area contributed by atoms with Crippen LogP contribution >= 0.6 is 23.4 Å². The molecule has 0 bridgehead atoms. The Kier molecular flexibility index (Phi) is 6.30.